The number of likely N-dealkylation sites (N-methyl/N-ethyl adjacent to an activating group) is 1. The molecule has 9 heteroatoms. The maximum atomic E-state index is 12.9. The van der Waals surface area contributed by atoms with E-state index < -0.39 is 18.4 Å². The highest BCUT2D eigenvalue weighted by Crippen LogP contribution is 2.19. The van der Waals surface area contributed by atoms with Gasteiger partial charge in [0.2, 0.25) is 0 Å². The van der Waals surface area contributed by atoms with Crippen molar-refractivity contribution < 1.29 is 42.9 Å². The fourth-order valence-corrected chi connectivity index (χ4v) is 10.7. The third kappa shape index (κ3) is 65.2. The average Bonchev–Trinajstić information content (AvgIpc) is 3.44. The van der Waals surface area contributed by atoms with Crippen molar-refractivity contribution in [3.8, 4) is 0 Å². The van der Waals surface area contributed by atoms with E-state index in [4.69, 9.17) is 18.9 Å². The minimum absolute atomic E-state index is 0.176. The van der Waals surface area contributed by atoms with Crippen LogP contribution in [-0.2, 0) is 33.3 Å². The number of esters is 2. The minimum atomic E-state index is -1.51. The van der Waals surface area contributed by atoms with Crippen LogP contribution in [0.15, 0.2) is 24.3 Å². The summed E-state index contributed by atoms with van der Waals surface area (Å²) in [5.41, 5.74) is 0. The van der Waals surface area contributed by atoms with E-state index in [9.17, 15) is 19.5 Å². The average molecular weight is 1150 g/mol. The highest BCUT2D eigenvalue weighted by molar-refractivity contribution is 5.71. The molecule has 0 fully saturated rings. The minimum Gasteiger partial charge on any atom is -0.477 e. The molecule has 0 aromatic heterocycles. The van der Waals surface area contributed by atoms with E-state index >= 15 is 0 Å². The molecular formula is C72H138NO8+. The van der Waals surface area contributed by atoms with Crippen LogP contribution in [0.5, 0.6) is 0 Å². The van der Waals surface area contributed by atoms with E-state index in [1.165, 1.54) is 295 Å². The molecule has 0 heterocycles. The summed E-state index contributed by atoms with van der Waals surface area (Å²) in [6.07, 6.45) is 75.8. The van der Waals surface area contributed by atoms with Crippen LogP contribution in [0.3, 0.4) is 0 Å². The van der Waals surface area contributed by atoms with E-state index in [1.807, 2.05) is 21.1 Å². The number of quaternary nitrogens is 1. The van der Waals surface area contributed by atoms with Crippen LogP contribution in [-0.4, -0.2) is 87.4 Å². The number of carbonyl (C=O) groups excluding carboxylic acids is 2. The van der Waals surface area contributed by atoms with Crippen molar-refractivity contribution in [3.63, 3.8) is 0 Å². The third-order valence-electron chi connectivity index (χ3n) is 16.2. The fourth-order valence-electron chi connectivity index (χ4n) is 10.7. The largest absolute Gasteiger partial charge is 0.477 e. The quantitative estimate of drug-likeness (QED) is 0.0211. The number of allylic oxidation sites excluding steroid dienone is 4. The number of rotatable bonds is 67. The molecule has 9 nitrogen and oxygen atoms in total. The van der Waals surface area contributed by atoms with Gasteiger partial charge in [-0.15, -0.1) is 0 Å². The molecule has 0 saturated heterocycles. The van der Waals surface area contributed by atoms with Crippen molar-refractivity contribution in [2.75, 3.05) is 47.5 Å². The predicted octanol–water partition coefficient (Wildman–Crippen LogP) is 21.8. The summed E-state index contributed by atoms with van der Waals surface area (Å²) in [4.78, 5) is 37.6. The summed E-state index contributed by atoms with van der Waals surface area (Å²) in [5, 5.41) is 9.75. The number of hydrogen-bond acceptors (Lipinski definition) is 7. The topological polar surface area (TPSA) is 108 Å². The van der Waals surface area contributed by atoms with Gasteiger partial charge in [0.1, 0.15) is 13.2 Å². The number of unbranched alkanes of at least 4 members (excludes halogenated alkanes) is 48. The van der Waals surface area contributed by atoms with Crippen molar-refractivity contribution in [1.29, 1.82) is 0 Å². The highest BCUT2D eigenvalue weighted by atomic mass is 16.7. The molecule has 0 aliphatic carbocycles. The Morgan fingerprint density at radius 3 is 0.914 bits per heavy atom. The number of aliphatic carboxylic acids is 1. The monoisotopic (exact) mass is 1150 g/mol. The van der Waals surface area contributed by atoms with Gasteiger partial charge in [0, 0.05) is 12.8 Å². The van der Waals surface area contributed by atoms with Crippen LogP contribution in [0.2, 0.25) is 0 Å². The number of carbonyl (C=O) groups is 3. The fraction of sp³-hybridized carbons (Fsp3) is 0.903. The molecule has 0 aromatic rings. The number of nitrogens with zero attached hydrogens (tertiary/aromatic N) is 1. The lowest BCUT2D eigenvalue weighted by molar-refractivity contribution is -0.870. The molecule has 81 heavy (non-hydrogen) atoms. The van der Waals surface area contributed by atoms with E-state index in [0.717, 1.165) is 38.5 Å². The summed E-state index contributed by atoms with van der Waals surface area (Å²) in [6, 6.07) is 0. The van der Waals surface area contributed by atoms with Gasteiger partial charge in [0.15, 0.2) is 6.10 Å². The number of carboxylic acids is 1. The Morgan fingerprint density at radius 2 is 0.630 bits per heavy atom. The van der Waals surface area contributed by atoms with Gasteiger partial charge in [0.25, 0.3) is 6.29 Å². The molecule has 2 atom stereocenters. The van der Waals surface area contributed by atoms with Gasteiger partial charge < -0.3 is 28.5 Å². The summed E-state index contributed by atoms with van der Waals surface area (Å²) < 4.78 is 23.0. The molecule has 0 saturated carbocycles. The third-order valence-corrected chi connectivity index (χ3v) is 16.2. The van der Waals surface area contributed by atoms with Gasteiger partial charge >= 0.3 is 17.9 Å². The zero-order valence-electron chi connectivity index (χ0n) is 54.7. The smallest absolute Gasteiger partial charge is 0.361 e. The maximum absolute atomic E-state index is 12.9. The summed E-state index contributed by atoms with van der Waals surface area (Å²) in [7, 11) is 5.99. The molecule has 0 bridgehead atoms. The van der Waals surface area contributed by atoms with Crippen LogP contribution in [0.1, 0.15) is 361 Å². The van der Waals surface area contributed by atoms with Crippen LogP contribution in [0.4, 0.5) is 0 Å². The first-order chi connectivity index (χ1) is 39.6. The molecular weight excluding hydrogens is 1010 g/mol. The molecule has 478 valence electrons. The summed E-state index contributed by atoms with van der Waals surface area (Å²) in [6.45, 7) is 4.95. The number of ether oxygens (including phenoxy) is 4. The molecule has 0 amide bonds. The van der Waals surface area contributed by atoms with E-state index in [-0.39, 0.29) is 38.2 Å². The van der Waals surface area contributed by atoms with Crippen molar-refractivity contribution in [2.45, 2.75) is 373 Å². The molecule has 0 spiro atoms. The Balaban J connectivity index is 4.06. The Hall–Kier alpha value is -2.23. The predicted molar refractivity (Wildman–Crippen MR) is 346 cm³/mol. The second-order valence-corrected chi connectivity index (χ2v) is 25.5. The Labute approximate surface area is 503 Å². The maximum Gasteiger partial charge on any atom is 0.361 e. The summed E-state index contributed by atoms with van der Waals surface area (Å²) >= 11 is 0. The molecule has 2 unspecified atom stereocenters. The Morgan fingerprint density at radius 1 is 0.358 bits per heavy atom. The van der Waals surface area contributed by atoms with Crippen LogP contribution >= 0.6 is 0 Å². The first-order valence-corrected chi connectivity index (χ1v) is 35.5. The van der Waals surface area contributed by atoms with E-state index in [1.54, 1.807) is 0 Å². The van der Waals surface area contributed by atoms with Gasteiger partial charge in [-0.05, 0) is 64.2 Å². The Bertz CT molecular complexity index is 1380. The van der Waals surface area contributed by atoms with Crippen LogP contribution in [0.25, 0.3) is 0 Å². The second-order valence-electron chi connectivity index (χ2n) is 25.5. The first kappa shape index (κ1) is 78.8. The molecule has 0 aliphatic heterocycles. The zero-order chi connectivity index (χ0) is 59.1. The molecule has 0 rings (SSSR count). The zero-order valence-corrected chi connectivity index (χ0v) is 54.7. The van der Waals surface area contributed by atoms with Gasteiger partial charge in [-0.1, -0.05) is 308 Å². The van der Waals surface area contributed by atoms with Crippen molar-refractivity contribution in [2.24, 2.45) is 0 Å². The summed E-state index contributed by atoms with van der Waals surface area (Å²) in [5.74, 6) is -1.98. The number of hydrogen-bond donors (Lipinski definition) is 1. The lowest BCUT2D eigenvalue weighted by Gasteiger charge is -2.25. The molecule has 1 N–H and O–H groups in total. The van der Waals surface area contributed by atoms with Gasteiger partial charge in [-0.2, -0.15) is 0 Å². The standard InChI is InChI=1S/C72H137NO8/c1-6-8-10-12-14-16-18-20-22-24-26-28-30-32-33-34-35-36-37-39-41-43-45-47-49-51-53-55-57-59-61-63-70(75)81-68(67-80-72(71(76)77)78-65-64-73(3,4)5)66-79-69(74)62-60-58-56-54-52-50-48-46-44-42-40-38-31-29-27-25-23-21-19-17-15-13-11-9-7-2/h24-27,68,72H,6-23,28-67H2,1-5H3/p+1/b26-24-,27-25-. The molecule has 0 radical (unpaired) electrons. The lowest BCUT2D eigenvalue weighted by Crippen LogP contribution is -2.40. The normalized spacial score (nSPS) is 12.8. The van der Waals surface area contributed by atoms with Crippen molar-refractivity contribution in [1.82, 2.24) is 0 Å². The SMILES string of the molecule is CCCCCCCCCC/C=C\CCCCCCCCCCCCCCCCCCCCCC(=O)OC(COC(=O)CCCCCCCCCCCCCCC/C=C\CCCCCCCCCC)COC(OCC[N+](C)(C)C)C(=O)O. The van der Waals surface area contributed by atoms with Crippen LogP contribution < -0.4 is 0 Å². The Kier molecular flexibility index (Phi) is 62.0. The first-order valence-electron chi connectivity index (χ1n) is 35.5. The van der Waals surface area contributed by atoms with Crippen molar-refractivity contribution in [3.05, 3.63) is 24.3 Å². The lowest BCUT2D eigenvalue weighted by atomic mass is 10.0. The van der Waals surface area contributed by atoms with Gasteiger partial charge in [-0.25, -0.2) is 4.79 Å². The van der Waals surface area contributed by atoms with E-state index in [0.29, 0.717) is 17.4 Å². The second kappa shape index (κ2) is 63.8. The molecule has 0 aliphatic rings. The van der Waals surface area contributed by atoms with Crippen LogP contribution in [0, 0.1) is 0 Å². The van der Waals surface area contributed by atoms with Crippen molar-refractivity contribution >= 4 is 17.9 Å². The molecule has 0 aromatic carbocycles. The highest BCUT2D eigenvalue weighted by Gasteiger charge is 2.25. The number of carboxylic acid groups (broad SMARTS) is 1. The van der Waals surface area contributed by atoms with Gasteiger partial charge in [-0.3, -0.25) is 9.59 Å². The van der Waals surface area contributed by atoms with E-state index in [2.05, 4.69) is 38.2 Å². The van der Waals surface area contributed by atoms with Gasteiger partial charge in [0.05, 0.1) is 34.4 Å².